The van der Waals surface area contributed by atoms with Crippen LogP contribution in [0.15, 0.2) is 17.1 Å². The first-order valence-electron chi connectivity index (χ1n) is 4.83. The van der Waals surface area contributed by atoms with E-state index < -0.39 is 11.4 Å². The van der Waals surface area contributed by atoms with Crippen molar-refractivity contribution < 1.29 is 9.18 Å². The molecule has 0 radical (unpaired) electrons. The van der Waals surface area contributed by atoms with Crippen molar-refractivity contribution in [3.05, 3.63) is 33.6 Å². The third-order valence-electron chi connectivity index (χ3n) is 2.93. The van der Waals surface area contributed by atoms with Crippen LogP contribution in [0.3, 0.4) is 0 Å². The van der Waals surface area contributed by atoms with E-state index in [0.29, 0.717) is 18.4 Å². The smallest absolute Gasteiger partial charge is 0.211 e. The van der Waals surface area contributed by atoms with Gasteiger partial charge in [-0.05, 0) is 31.4 Å². The van der Waals surface area contributed by atoms with Crippen molar-refractivity contribution in [1.29, 1.82) is 0 Å². The Bertz CT molecular complexity index is 479. The van der Waals surface area contributed by atoms with E-state index in [-0.39, 0.29) is 10.0 Å². The Kier molecular flexibility index (Phi) is 3.02. The SMILES string of the molecule is O=C=NC1(c2cc(Cl)cc(F)c2Cl)CCC1. The molecule has 0 spiro atoms. The van der Waals surface area contributed by atoms with Gasteiger partial charge < -0.3 is 0 Å². The third-order valence-corrected chi connectivity index (χ3v) is 3.54. The molecule has 1 aromatic carbocycles. The highest BCUT2D eigenvalue weighted by atomic mass is 35.5. The van der Waals surface area contributed by atoms with Crippen molar-refractivity contribution >= 4 is 29.3 Å². The Morgan fingerprint density at radius 2 is 2.06 bits per heavy atom. The van der Waals surface area contributed by atoms with Crippen LogP contribution in [-0.4, -0.2) is 6.08 Å². The Labute approximate surface area is 102 Å². The zero-order valence-electron chi connectivity index (χ0n) is 8.27. The van der Waals surface area contributed by atoms with Crippen molar-refractivity contribution in [1.82, 2.24) is 0 Å². The van der Waals surface area contributed by atoms with Crippen LogP contribution < -0.4 is 0 Å². The molecule has 5 heteroatoms. The number of halogens is 3. The summed E-state index contributed by atoms with van der Waals surface area (Å²) in [5.74, 6) is -0.587. The molecule has 84 valence electrons. The number of isocyanates is 1. The average Bonchev–Trinajstić information content (AvgIpc) is 2.17. The van der Waals surface area contributed by atoms with Crippen LogP contribution in [0.1, 0.15) is 24.8 Å². The van der Waals surface area contributed by atoms with E-state index in [2.05, 4.69) is 4.99 Å². The van der Waals surface area contributed by atoms with Gasteiger partial charge in [-0.3, -0.25) is 0 Å². The van der Waals surface area contributed by atoms with Crippen molar-refractivity contribution in [3.8, 4) is 0 Å². The molecule has 16 heavy (non-hydrogen) atoms. The van der Waals surface area contributed by atoms with Gasteiger partial charge in [0.1, 0.15) is 5.82 Å². The van der Waals surface area contributed by atoms with Crippen LogP contribution in [0.25, 0.3) is 0 Å². The van der Waals surface area contributed by atoms with Gasteiger partial charge >= 0.3 is 0 Å². The molecular formula is C11H8Cl2FNO. The monoisotopic (exact) mass is 259 g/mol. The molecule has 0 aromatic heterocycles. The molecular weight excluding hydrogens is 252 g/mol. The van der Waals surface area contributed by atoms with E-state index in [0.717, 1.165) is 12.5 Å². The quantitative estimate of drug-likeness (QED) is 0.451. The lowest BCUT2D eigenvalue weighted by Gasteiger charge is -2.37. The minimum Gasteiger partial charge on any atom is -0.211 e. The summed E-state index contributed by atoms with van der Waals surface area (Å²) in [6.45, 7) is 0. The maximum Gasteiger partial charge on any atom is 0.235 e. The number of aliphatic imine (C=N–C) groups is 1. The summed E-state index contributed by atoms with van der Waals surface area (Å²) in [5, 5.41) is 0.243. The summed E-state index contributed by atoms with van der Waals surface area (Å²) in [6, 6.07) is 2.71. The van der Waals surface area contributed by atoms with E-state index in [9.17, 15) is 9.18 Å². The number of hydrogen-bond acceptors (Lipinski definition) is 2. The van der Waals surface area contributed by atoms with Gasteiger partial charge in [0.05, 0.1) is 10.6 Å². The van der Waals surface area contributed by atoms with E-state index in [1.54, 1.807) is 6.07 Å². The maximum atomic E-state index is 13.4. The standard InChI is InChI=1S/C11H8Cl2FNO/c12-7-4-8(10(13)9(14)5-7)11(15-6-16)2-1-3-11/h4-5H,1-3H2. The Balaban J connectivity index is 2.58. The third kappa shape index (κ3) is 1.75. The Morgan fingerprint density at radius 3 is 2.56 bits per heavy atom. The lowest BCUT2D eigenvalue weighted by Crippen LogP contribution is -2.32. The fraction of sp³-hybridized carbons (Fsp3) is 0.364. The highest BCUT2D eigenvalue weighted by molar-refractivity contribution is 6.33. The Morgan fingerprint density at radius 1 is 1.38 bits per heavy atom. The van der Waals surface area contributed by atoms with Gasteiger partial charge in [0.2, 0.25) is 6.08 Å². The van der Waals surface area contributed by atoms with Crippen molar-refractivity contribution in [2.24, 2.45) is 4.99 Å². The van der Waals surface area contributed by atoms with Gasteiger partial charge in [-0.2, -0.15) is 4.99 Å². The zero-order chi connectivity index (χ0) is 11.8. The second kappa shape index (κ2) is 4.17. The highest BCUT2D eigenvalue weighted by Crippen LogP contribution is 2.48. The second-order valence-electron chi connectivity index (χ2n) is 3.84. The molecule has 0 heterocycles. The molecule has 1 saturated carbocycles. The number of hydrogen-bond donors (Lipinski definition) is 0. The topological polar surface area (TPSA) is 29.4 Å². The lowest BCUT2D eigenvalue weighted by molar-refractivity contribution is 0.255. The van der Waals surface area contributed by atoms with Crippen molar-refractivity contribution in [3.63, 3.8) is 0 Å². The molecule has 0 aliphatic heterocycles. The van der Waals surface area contributed by atoms with Crippen LogP contribution in [0.4, 0.5) is 4.39 Å². The summed E-state index contributed by atoms with van der Waals surface area (Å²) < 4.78 is 13.4. The summed E-state index contributed by atoms with van der Waals surface area (Å²) in [4.78, 5) is 14.2. The van der Waals surface area contributed by atoms with E-state index in [1.165, 1.54) is 6.08 Å². The lowest BCUT2D eigenvalue weighted by atomic mass is 9.72. The van der Waals surface area contributed by atoms with Crippen LogP contribution in [0.2, 0.25) is 10.0 Å². The molecule has 1 fully saturated rings. The first kappa shape index (κ1) is 11.6. The Hall–Kier alpha value is -0.890. The number of nitrogens with zero attached hydrogens (tertiary/aromatic N) is 1. The number of benzene rings is 1. The molecule has 0 N–H and O–H groups in total. The number of carbonyl (C=O) groups excluding carboxylic acids is 1. The van der Waals surface area contributed by atoms with E-state index in [1.807, 2.05) is 0 Å². The molecule has 1 aliphatic rings. The number of rotatable bonds is 2. The summed E-state index contributed by atoms with van der Waals surface area (Å²) in [5.41, 5.74) is -0.237. The van der Waals surface area contributed by atoms with Gasteiger partial charge in [0.25, 0.3) is 0 Å². The van der Waals surface area contributed by atoms with Gasteiger partial charge in [0.15, 0.2) is 0 Å². The minimum absolute atomic E-state index is 0.0110. The molecule has 2 nitrogen and oxygen atoms in total. The first-order valence-corrected chi connectivity index (χ1v) is 5.59. The summed E-state index contributed by atoms with van der Waals surface area (Å²) in [7, 11) is 0. The van der Waals surface area contributed by atoms with Crippen LogP contribution >= 0.6 is 23.2 Å². The largest absolute Gasteiger partial charge is 0.235 e. The second-order valence-corrected chi connectivity index (χ2v) is 4.65. The first-order chi connectivity index (χ1) is 7.59. The fourth-order valence-electron chi connectivity index (χ4n) is 1.94. The molecule has 2 rings (SSSR count). The fourth-order valence-corrected chi connectivity index (χ4v) is 2.42. The molecule has 0 amide bonds. The molecule has 0 atom stereocenters. The highest BCUT2D eigenvalue weighted by Gasteiger charge is 2.41. The van der Waals surface area contributed by atoms with E-state index in [4.69, 9.17) is 23.2 Å². The molecule has 1 aliphatic carbocycles. The van der Waals surface area contributed by atoms with Crippen molar-refractivity contribution in [2.45, 2.75) is 24.8 Å². The normalized spacial score (nSPS) is 17.4. The zero-order valence-corrected chi connectivity index (χ0v) is 9.78. The molecule has 0 unspecified atom stereocenters. The van der Waals surface area contributed by atoms with Gasteiger partial charge in [-0.1, -0.05) is 23.2 Å². The maximum absolute atomic E-state index is 13.4. The van der Waals surface area contributed by atoms with Crippen LogP contribution in [0.5, 0.6) is 0 Å². The summed E-state index contributed by atoms with van der Waals surface area (Å²) >= 11 is 11.6. The predicted octanol–water partition coefficient (Wildman–Crippen LogP) is 3.85. The van der Waals surface area contributed by atoms with Gasteiger partial charge in [-0.15, -0.1) is 0 Å². The molecule has 0 saturated heterocycles. The molecule has 0 bridgehead atoms. The predicted molar refractivity (Wildman–Crippen MR) is 60.1 cm³/mol. The van der Waals surface area contributed by atoms with Gasteiger partial charge in [-0.25, -0.2) is 9.18 Å². The minimum atomic E-state index is -0.718. The average molecular weight is 260 g/mol. The van der Waals surface area contributed by atoms with E-state index >= 15 is 0 Å². The van der Waals surface area contributed by atoms with Crippen LogP contribution in [0, 0.1) is 5.82 Å². The van der Waals surface area contributed by atoms with Gasteiger partial charge in [0, 0.05) is 10.6 Å². The molecule has 1 aromatic rings. The summed E-state index contributed by atoms with van der Waals surface area (Å²) in [6.07, 6.45) is 3.79. The van der Waals surface area contributed by atoms with Crippen molar-refractivity contribution in [2.75, 3.05) is 0 Å². The van der Waals surface area contributed by atoms with Crippen LogP contribution in [-0.2, 0) is 10.3 Å².